The van der Waals surface area contributed by atoms with E-state index in [1.807, 2.05) is 7.05 Å². The van der Waals surface area contributed by atoms with Gasteiger partial charge in [-0.1, -0.05) is 19.1 Å². The molecular weight excluding hydrogens is 324 g/mol. The van der Waals surface area contributed by atoms with Crippen LogP contribution in [0.1, 0.15) is 37.3 Å². The van der Waals surface area contributed by atoms with Crippen molar-refractivity contribution in [1.29, 1.82) is 0 Å². The molecule has 0 amide bonds. The summed E-state index contributed by atoms with van der Waals surface area (Å²) < 4.78 is 5.57. The molecule has 5 heteroatoms. The molecule has 0 aliphatic carbocycles. The molecule has 0 bridgehead atoms. The lowest BCUT2D eigenvalue weighted by atomic mass is 9.99. The van der Waals surface area contributed by atoms with E-state index < -0.39 is 0 Å². The second-order valence-electron chi connectivity index (χ2n) is 7.59. The molecule has 5 nitrogen and oxygen atoms in total. The van der Waals surface area contributed by atoms with Gasteiger partial charge in [0.2, 0.25) is 0 Å². The summed E-state index contributed by atoms with van der Waals surface area (Å²) in [4.78, 5) is 6.92. The van der Waals surface area contributed by atoms with Crippen molar-refractivity contribution in [2.24, 2.45) is 10.9 Å². The van der Waals surface area contributed by atoms with Crippen LogP contribution < -0.4 is 15.4 Å². The van der Waals surface area contributed by atoms with E-state index in [1.54, 1.807) is 0 Å². The molecule has 2 aliphatic rings. The average molecular weight is 359 g/mol. The lowest BCUT2D eigenvalue weighted by molar-refractivity contribution is 0.191. The average Bonchev–Trinajstić information content (AvgIpc) is 3.13. The number of nitrogens with one attached hydrogen (secondary N) is 2. The summed E-state index contributed by atoms with van der Waals surface area (Å²) in [6, 6.07) is 6.55. The molecule has 144 valence electrons. The molecule has 0 aromatic heterocycles. The summed E-state index contributed by atoms with van der Waals surface area (Å²) in [7, 11) is 1.84. The number of piperidine rings is 1. The third-order valence-electron chi connectivity index (χ3n) is 5.50. The SMILES string of the molecule is CN=C(NCCCN1CCC(C)CC1)NCCc1ccc2c(c1)CCO2. The highest BCUT2D eigenvalue weighted by molar-refractivity contribution is 5.79. The molecule has 2 heterocycles. The Morgan fingerprint density at radius 3 is 2.85 bits per heavy atom. The minimum atomic E-state index is 0.823. The van der Waals surface area contributed by atoms with Crippen molar-refractivity contribution >= 4 is 5.96 Å². The Morgan fingerprint density at radius 2 is 2.04 bits per heavy atom. The largest absolute Gasteiger partial charge is 0.493 e. The van der Waals surface area contributed by atoms with Crippen LogP contribution in [0.25, 0.3) is 0 Å². The lowest BCUT2D eigenvalue weighted by Crippen LogP contribution is -2.40. The van der Waals surface area contributed by atoms with Gasteiger partial charge in [-0.15, -0.1) is 0 Å². The van der Waals surface area contributed by atoms with Gasteiger partial charge in [0.25, 0.3) is 0 Å². The fourth-order valence-electron chi connectivity index (χ4n) is 3.74. The fourth-order valence-corrected chi connectivity index (χ4v) is 3.74. The molecule has 2 aliphatic heterocycles. The van der Waals surface area contributed by atoms with Gasteiger partial charge in [-0.3, -0.25) is 4.99 Å². The molecule has 0 spiro atoms. The zero-order chi connectivity index (χ0) is 18.2. The number of nitrogens with zero attached hydrogens (tertiary/aromatic N) is 2. The monoisotopic (exact) mass is 358 g/mol. The summed E-state index contributed by atoms with van der Waals surface area (Å²) in [5.74, 6) is 2.87. The predicted octanol–water partition coefficient (Wildman–Crippen LogP) is 2.45. The van der Waals surface area contributed by atoms with Crippen molar-refractivity contribution < 1.29 is 4.74 Å². The van der Waals surface area contributed by atoms with Gasteiger partial charge < -0.3 is 20.3 Å². The molecule has 1 saturated heterocycles. The van der Waals surface area contributed by atoms with Crippen molar-refractivity contribution in [3.63, 3.8) is 0 Å². The fraction of sp³-hybridized carbons (Fsp3) is 0.667. The van der Waals surface area contributed by atoms with Gasteiger partial charge in [-0.05, 0) is 68.4 Å². The molecule has 0 unspecified atom stereocenters. The molecular formula is C21H34N4O. The highest BCUT2D eigenvalue weighted by Crippen LogP contribution is 2.25. The summed E-state index contributed by atoms with van der Waals surface area (Å²) in [5, 5.41) is 6.86. The maximum absolute atomic E-state index is 5.57. The number of likely N-dealkylation sites (tertiary alicyclic amines) is 1. The Labute approximate surface area is 158 Å². The minimum Gasteiger partial charge on any atom is -0.493 e. The third-order valence-corrected chi connectivity index (χ3v) is 5.50. The van der Waals surface area contributed by atoms with Crippen molar-refractivity contribution in [2.75, 3.05) is 46.4 Å². The Balaban J connectivity index is 1.30. The number of aliphatic imine (C=N–C) groups is 1. The molecule has 1 fully saturated rings. The molecule has 0 atom stereocenters. The number of rotatable bonds is 7. The third kappa shape index (κ3) is 5.63. The van der Waals surface area contributed by atoms with E-state index >= 15 is 0 Å². The Hall–Kier alpha value is -1.75. The predicted molar refractivity (Wildman–Crippen MR) is 108 cm³/mol. The van der Waals surface area contributed by atoms with E-state index in [-0.39, 0.29) is 0 Å². The van der Waals surface area contributed by atoms with Crippen LogP contribution in [0.15, 0.2) is 23.2 Å². The maximum Gasteiger partial charge on any atom is 0.190 e. The van der Waals surface area contributed by atoms with E-state index in [2.05, 4.69) is 45.6 Å². The van der Waals surface area contributed by atoms with Gasteiger partial charge >= 0.3 is 0 Å². The van der Waals surface area contributed by atoms with Gasteiger partial charge in [0, 0.05) is 26.6 Å². The van der Waals surface area contributed by atoms with Crippen LogP contribution in [0.4, 0.5) is 0 Å². The van der Waals surface area contributed by atoms with Gasteiger partial charge in [-0.2, -0.15) is 0 Å². The van der Waals surface area contributed by atoms with Gasteiger partial charge in [0.05, 0.1) is 6.61 Å². The number of hydrogen-bond donors (Lipinski definition) is 2. The van der Waals surface area contributed by atoms with Crippen LogP contribution in [-0.4, -0.2) is 57.2 Å². The minimum absolute atomic E-state index is 0.823. The molecule has 1 aromatic carbocycles. The van der Waals surface area contributed by atoms with Gasteiger partial charge in [0.15, 0.2) is 5.96 Å². The number of ether oxygens (including phenoxy) is 1. The van der Waals surface area contributed by atoms with Crippen molar-refractivity contribution in [1.82, 2.24) is 15.5 Å². The first kappa shape index (κ1) is 19.0. The van der Waals surface area contributed by atoms with Crippen LogP contribution in [0.5, 0.6) is 5.75 Å². The van der Waals surface area contributed by atoms with Gasteiger partial charge in [0.1, 0.15) is 5.75 Å². The summed E-state index contributed by atoms with van der Waals surface area (Å²) >= 11 is 0. The van der Waals surface area contributed by atoms with E-state index in [9.17, 15) is 0 Å². The van der Waals surface area contributed by atoms with E-state index in [1.165, 1.54) is 50.0 Å². The Bertz CT molecular complexity index is 594. The molecule has 1 aromatic rings. The van der Waals surface area contributed by atoms with Crippen LogP contribution >= 0.6 is 0 Å². The van der Waals surface area contributed by atoms with Crippen molar-refractivity contribution in [2.45, 2.75) is 39.0 Å². The first-order valence-corrected chi connectivity index (χ1v) is 10.2. The Morgan fingerprint density at radius 1 is 1.23 bits per heavy atom. The summed E-state index contributed by atoms with van der Waals surface area (Å²) in [5.41, 5.74) is 2.70. The smallest absolute Gasteiger partial charge is 0.190 e. The maximum atomic E-state index is 5.57. The van der Waals surface area contributed by atoms with E-state index in [0.717, 1.165) is 50.2 Å². The molecule has 0 radical (unpaired) electrons. The zero-order valence-electron chi connectivity index (χ0n) is 16.4. The normalized spacial score (nSPS) is 18.5. The molecule has 2 N–H and O–H groups in total. The highest BCUT2D eigenvalue weighted by atomic mass is 16.5. The van der Waals surface area contributed by atoms with Crippen molar-refractivity contribution in [3.05, 3.63) is 29.3 Å². The zero-order valence-corrected chi connectivity index (χ0v) is 16.4. The second kappa shape index (κ2) is 9.81. The van der Waals surface area contributed by atoms with E-state index in [4.69, 9.17) is 4.74 Å². The number of fused-ring (bicyclic) bond motifs is 1. The quantitative estimate of drug-likeness (QED) is 0.447. The molecule has 26 heavy (non-hydrogen) atoms. The first-order chi connectivity index (χ1) is 12.7. The number of hydrogen-bond acceptors (Lipinski definition) is 3. The number of benzene rings is 1. The molecule has 3 rings (SSSR count). The van der Waals surface area contributed by atoms with Crippen LogP contribution in [0.3, 0.4) is 0 Å². The second-order valence-corrected chi connectivity index (χ2v) is 7.59. The first-order valence-electron chi connectivity index (χ1n) is 10.2. The molecule has 0 saturated carbocycles. The summed E-state index contributed by atoms with van der Waals surface area (Å²) in [6.07, 6.45) is 5.91. The van der Waals surface area contributed by atoms with Gasteiger partial charge in [-0.25, -0.2) is 0 Å². The van der Waals surface area contributed by atoms with Crippen LogP contribution in [0, 0.1) is 5.92 Å². The Kier molecular flexibility index (Phi) is 7.18. The lowest BCUT2D eigenvalue weighted by Gasteiger charge is -2.30. The number of guanidine groups is 1. The summed E-state index contributed by atoms with van der Waals surface area (Å²) in [6.45, 7) is 8.77. The van der Waals surface area contributed by atoms with Crippen LogP contribution in [-0.2, 0) is 12.8 Å². The topological polar surface area (TPSA) is 48.9 Å². The van der Waals surface area contributed by atoms with E-state index in [0.29, 0.717) is 0 Å². The van der Waals surface area contributed by atoms with Crippen molar-refractivity contribution in [3.8, 4) is 5.75 Å². The standard InChI is InChI=1S/C21H34N4O/c1-17-7-13-25(14-8-17)12-3-10-23-21(22-2)24-11-6-18-4-5-20-19(16-18)9-15-26-20/h4-5,16-17H,3,6-15H2,1-2H3,(H2,22,23,24). The van der Waals surface area contributed by atoms with Crippen LogP contribution in [0.2, 0.25) is 0 Å². The highest BCUT2D eigenvalue weighted by Gasteiger charge is 2.15.